The quantitative estimate of drug-likeness (QED) is 0.136. The third-order valence-corrected chi connectivity index (χ3v) is 11.2. The molecule has 1 N–H and O–H groups in total. The predicted octanol–water partition coefficient (Wildman–Crippen LogP) is 9.03. The number of halogens is 3. The van der Waals surface area contributed by atoms with Crippen LogP contribution in [0.2, 0.25) is 0 Å². The van der Waals surface area contributed by atoms with Gasteiger partial charge in [0.15, 0.2) is 0 Å². The van der Waals surface area contributed by atoms with Gasteiger partial charge >= 0.3 is 6.09 Å². The molecular formula is C36H41ClF2N2O4S2. The third kappa shape index (κ3) is 7.47. The molecule has 1 heterocycles. The maximum absolute atomic E-state index is 17.0. The summed E-state index contributed by atoms with van der Waals surface area (Å²) in [5.41, 5.74) is 0.754. The molecule has 1 fully saturated rings. The van der Waals surface area contributed by atoms with E-state index in [1.807, 2.05) is 51.3 Å². The summed E-state index contributed by atoms with van der Waals surface area (Å²) in [4.78, 5) is 27.9. The van der Waals surface area contributed by atoms with Crippen molar-refractivity contribution in [2.75, 3.05) is 27.0 Å². The topological polar surface area (TPSA) is 67.9 Å². The Bertz CT molecular complexity index is 1710. The molecule has 0 bridgehead atoms. The fourth-order valence-electron chi connectivity index (χ4n) is 6.18. The van der Waals surface area contributed by atoms with Crippen LogP contribution >= 0.6 is 34.7 Å². The minimum atomic E-state index is -2.54. The monoisotopic (exact) mass is 702 g/mol. The van der Waals surface area contributed by atoms with Crippen molar-refractivity contribution in [1.29, 1.82) is 0 Å². The molecule has 0 radical (unpaired) electrons. The van der Waals surface area contributed by atoms with Crippen LogP contribution in [0.3, 0.4) is 0 Å². The Morgan fingerprint density at radius 3 is 2.45 bits per heavy atom. The van der Waals surface area contributed by atoms with Crippen molar-refractivity contribution in [2.45, 2.75) is 79.8 Å². The number of ether oxygens (including phenoxy) is 2. The molecule has 0 saturated heterocycles. The highest BCUT2D eigenvalue weighted by Gasteiger charge is 2.53. The Morgan fingerprint density at radius 1 is 1.11 bits per heavy atom. The van der Waals surface area contributed by atoms with E-state index < -0.39 is 27.9 Å². The first-order chi connectivity index (χ1) is 22.2. The van der Waals surface area contributed by atoms with Crippen LogP contribution in [0.4, 0.5) is 13.6 Å². The second-order valence-electron chi connectivity index (χ2n) is 13.1. The summed E-state index contributed by atoms with van der Waals surface area (Å²) in [5, 5.41) is 4.06. The molecule has 5 rings (SSSR count). The van der Waals surface area contributed by atoms with Crippen molar-refractivity contribution in [3.8, 4) is 0 Å². The average Bonchev–Trinajstić information content (AvgIpc) is 3.49. The smallest absolute Gasteiger partial charge is 0.410 e. The molecule has 2 unspecified atom stereocenters. The van der Waals surface area contributed by atoms with Crippen molar-refractivity contribution in [3.63, 3.8) is 0 Å². The van der Waals surface area contributed by atoms with E-state index in [0.717, 1.165) is 47.5 Å². The number of rotatable bonds is 9. The molecule has 2 atom stereocenters. The minimum Gasteiger partial charge on any atom is -0.444 e. The van der Waals surface area contributed by atoms with Gasteiger partial charge in [-0.15, -0.1) is 34.7 Å². The number of hydrogen-bond donors (Lipinski definition) is 1. The number of amides is 1. The summed E-state index contributed by atoms with van der Waals surface area (Å²) < 4.78 is 42.9. The maximum atomic E-state index is 17.0. The second kappa shape index (κ2) is 14.0. The summed E-state index contributed by atoms with van der Waals surface area (Å²) in [6.45, 7) is 5.55. The zero-order valence-electron chi connectivity index (χ0n) is 27.5. The lowest BCUT2D eigenvalue weighted by Crippen LogP contribution is -2.55. The number of thiophene rings is 1. The fraction of sp³-hybridized carbons (Fsp3) is 0.444. The van der Waals surface area contributed by atoms with Crippen molar-refractivity contribution >= 4 is 62.2 Å². The number of nitrogens with zero attached hydrogens (tertiary/aromatic N) is 1. The van der Waals surface area contributed by atoms with E-state index in [1.54, 1.807) is 36.2 Å². The predicted molar refractivity (Wildman–Crippen MR) is 188 cm³/mol. The fourth-order valence-corrected chi connectivity index (χ4v) is 8.13. The number of benzene rings is 2. The van der Waals surface area contributed by atoms with Gasteiger partial charge in [0.1, 0.15) is 16.3 Å². The minimum absolute atomic E-state index is 0.0210. The third-order valence-electron chi connectivity index (χ3n) is 8.79. The van der Waals surface area contributed by atoms with Crippen molar-refractivity contribution < 1.29 is 27.8 Å². The van der Waals surface area contributed by atoms with E-state index in [-0.39, 0.29) is 35.2 Å². The number of Topliss-reactive ketones (excluding diaryl/α,β-unsaturated/α-hetero) is 1. The van der Waals surface area contributed by atoms with Gasteiger partial charge in [-0.05, 0) is 99.6 Å². The van der Waals surface area contributed by atoms with E-state index >= 15 is 4.39 Å². The zero-order chi connectivity index (χ0) is 34.1. The zero-order valence-corrected chi connectivity index (χ0v) is 29.9. The first-order valence-electron chi connectivity index (χ1n) is 15.6. The standard InChI is InChI=1S/C36H41ClF2N2O4S2/c1-34(2,3)45-33(43)41(4)24-16-14-23(15-17-24)40-21-35(37)19-26(25-11-7-8-13-29(25)46-6)27(20-36(35,39)44-5)31(42)30-18-22-10-9-12-28(38)32(22)47-30/h7-13,18-20,23-24,40H,14-17,21H2,1-6H3. The van der Waals surface area contributed by atoms with Gasteiger partial charge in [-0.1, -0.05) is 30.3 Å². The SMILES string of the molecule is COC1(F)C=C(C(=O)c2cc3cccc(F)c3s2)C(c2ccccc2SC)=CC1(Cl)CNC1CCC(N(C)C(=O)OC(C)(C)C)CC1. The lowest BCUT2D eigenvalue weighted by molar-refractivity contribution is -0.100. The van der Waals surface area contributed by atoms with Crippen LogP contribution in [0.5, 0.6) is 0 Å². The summed E-state index contributed by atoms with van der Waals surface area (Å²) >= 11 is 9.75. The van der Waals surface area contributed by atoms with Crippen LogP contribution in [-0.2, 0) is 9.47 Å². The molecule has 11 heteroatoms. The Kier molecular flexibility index (Phi) is 10.6. The molecule has 2 aliphatic carbocycles. The number of ketones is 1. The van der Waals surface area contributed by atoms with Crippen LogP contribution in [0, 0.1) is 5.82 Å². The average molecular weight is 703 g/mol. The first-order valence-corrected chi connectivity index (χ1v) is 18.0. The number of alkyl halides is 2. The molecule has 6 nitrogen and oxygen atoms in total. The number of nitrogens with one attached hydrogen (secondary N) is 1. The molecule has 1 aromatic heterocycles. The number of methoxy groups -OCH3 is 1. The number of thioether (sulfide) groups is 1. The summed E-state index contributed by atoms with van der Waals surface area (Å²) in [6, 6.07) is 14.0. The number of allylic oxidation sites excluding steroid dienone is 2. The lowest BCUT2D eigenvalue weighted by atomic mass is 9.80. The molecule has 2 aliphatic rings. The van der Waals surface area contributed by atoms with E-state index in [0.29, 0.717) is 15.7 Å². The van der Waals surface area contributed by atoms with E-state index in [2.05, 4.69) is 5.32 Å². The van der Waals surface area contributed by atoms with Gasteiger partial charge in [-0.2, -0.15) is 0 Å². The Balaban J connectivity index is 1.42. The highest BCUT2D eigenvalue weighted by molar-refractivity contribution is 7.98. The summed E-state index contributed by atoms with van der Waals surface area (Å²) in [5.74, 6) is -3.40. The Morgan fingerprint density at radius 2 is 1.81 bits per heavy atom. The van der Waals surface area contributed by atoms with Crippen LogP contribution in [-0.4, -0.2) is 72.1 Å². The molecule has 2 aromatic carbocycles. The van der Waals surface area contributed by atoms with E-state index in [4.69, 9.17) is 21.1 Å². The first kappa shape index (κ1) is 35.5. The molecule has 252 valence electrons. The Hall–Kier alpha value is -2.76. The lowest BCUT2D eigenvalue weighted by Gasteiger charge is -2.42. The van der Waals surface area contributed by atoms with Crippen LogP contribution in [0.25, 0.3) is 15.7 Å². The summed E-state index contributed by atoms with van der Waals surface area (Å²) in [7, 11) is 2.99. The van der Waals surface area contributed by atoms with Crippen LogP contribution in [0.1, 0.15) is 61.7 Å². The number of carbonyl (C=O) groups is 2. The van der Waals surface area contributed by atoms with Gasteiger partial charge in [-0.25, -0.2) is 13.6 Å². The molecule has 0 spiro atoms. The van der Waals surface area contributed by atoms with Crippen molar-refractivity contribution in [3.05, 3.63) is 82.5 Å². The highest BCUT2D eigenvalue weighted by Crippen LogP contribution is 2.48. The highest BCUT2D eigenvalue weighted by atomic mass is 35.5. The van der Waals surface area contributed by atoms with Gasteiger partial charge in [0.2, 0.25) is 5.78 Å². The van der Waals surface area contributed by atoms with Gasteiger partial charge in [0, 0.05) is 43.3 Å². The second-order valence-corrected chi connectivity index (χ2v) is 15.7. The number of hydrogen-bond acceptors (Lipinski definition) is 7. The Labute approximate surface area is 288 Å². The van der Waals surface area contributed by atoms with E-state index in [1.165, 1.54) is 31.0 Å². The molecule has 0 aliphatic heterocycles. The number of carbonyl (C=O) groups excluding carboxylic acids is 2. The molecule has 1 amide bonds. The van der Waals surface area contributed by atoms with E-state index in [9.17, 15) is 14.0 Å². The number of fused-ring (bicyclic) bond motifs is 1. The molecule has 3 aromatic rings. The normalized spacial score (nSPS) is 24.9. The summed E-state index contributed by atoms with van der Waals surface area (Å²) in [6.07, 6.45) is 7.39. The molecule has 1 saturated carbocycles. The maximum Gasteiger partial charge on any atom is 0.410 e. The van der Waals surface area contributed by atoms with Crippen molar-refractivity contribution in [2.24, 2.45) is 0 Å². The largest absolute Gasteiger partial charge is 0.444 e. The van der Waals surface area contributed by atoms with Crippen LogP contribution < -0.4 is 5.32 Å². The van der Waals surface area contributed by atoms with Gasteiger partial charge in [0.05, 0.1) is 9.58 Å². The molecular weight excluding hydrogens is 662 g/mol. The van der Waals surface area contributed by atoms with Crippen molar-refractivity contribution in [1.82, 2.24) is 10.2 Å². The van der Waals surface area contributed by atoms with Crippen LogP contribution in [0.15, 0.2) is 71.2 Å². The van der Waals surface area contributed by atoms with Gasteiger partial charge in [-0.3, -0.25) is 4.79 Å². The molecule has 47 heavy (non-hydrogen) atoms. The van der Waals surface area contributed by atoms with Gasteiger partial charge in [0.25, 0.3) is 5.85 Å². The van der Waals surface area contributed by atoms with Gasteiger partial charge < -0.3 is 19.7 Å².